The number of carbonyl (C=O) groups is 2. The number of urea groups is 1. The summed E-state index contributed by atoms with van der Waals surface area (Å²) in [7, 11) is 0. The van der Waals surface area contributed by atoms with Gasteiger partial charge in [-0.15, -0.1) is 0 Å². The Morgan fingerprint density at radius 2 is 2.10 bits per heavy atom. The lowest BCUT2D eigenvalue weighted by atomic mass is 10.1. The highest BCUT2D eigenvalue weighted by Gasteiger charge is 2.23. The standard InChI is InChI=1S/C21H21F2N5O3/c22-18(23)13-3-1-4-14(11-13)19(30)26-20-25-16-12-15(27-9-7-24-21(27)31)5-6-17(16)28(20)8-2-10-29/h1,3-6,11-12,18,29H,2,7-10H2,(H,24,31)(H,25,26,30). The molecule has 3 amide bonds. The fourth-order valence-corrected chi connectivity index (χ4v) is 3.54. The van der Waals surface area contributed by atoms with E-state index in [0.717, 1.165) is 6.07 Å². The number of aromatic nitrogens is 2. The number of fused-ring (bicyclic) bond motifs is 1. The molecule has 1 saturated heterocycles. The molecule has 1 aliphatic rings. The van der Waals surface area contributed by atoms with Gasteiger partial charge in [0.2, 0.25) is 5.95 Å². The van der Waals surface area contributed by atoms with Crippen molar-refractivity contribution in [1.82, 2.24) is 14.9 Å². The quantitative estimate of drug-likeness (QED) is 0.537. The Hall–Kier alpha value is -3.53. The van der Waals surface area contributed by atoms with Crippen molar-refractivity contribution >= 4 is 34.6 Å². The van der Waals surface area contributed by atoms with Crippen LogP contribution in [0, 0.1) is 0 Å². The van der Waals surface area contributed by atoms with E-state index in [2.05, 4.69) is 15.6 Å². The third-order valence-electron chi connectivity index (χ3n) is 5.07. The second kappa shape index (κ2) is 8.68. The van der Waals surface area contributed by atoms with E-state index in [0.29, 0.717) is 42.8 Å². The molecule has 3 N–H and O–H groups in total. The van der Waals surface area contributed by atoms with E-state index in [1.807, 2.05) is 0 Å². The van der Waals surface area contributed by atoms with Crippen molar-refractivity contribution in [3.05, 3.63) is 53.6 Å². The Balaban J connectivity index is 1.67. The lowest BCUT2D eigenvalue weighted by Gasteiger charge is -2.14. The molecule has 8 nitrogen and oxygen atoms in total. The van der Waals surface area contributed by atoms with Gasteiger partial charge in [0.1, 0.15) is 0 Å². The number of aryl methyl sites for hydroxylation is 1. The van der Waals surface area contributed by atoms with Gasteiger partial charge in [-0.1, -0.05) is 12.1 Å². The number of aliphatic hydroxyl groups is 1. The van der Waals surface area contributed by atoms with E-state index in [1.165, 1.54) is 18.2 Å². The van der Waals surface area contributed by atoms with Crippen LogP contribution in [0.2, 0.25) is 0 Å². The number of hydrogen-bond donors (Lipinski definition) is 3. The maximum absolute atomic E-state index is 13.0. The Bertz CT molecular complexity index is 1130. The van der Waals surface area contributed by atoms with Gasteiger partial charge in [0.25, 0.3) is 12.3 Å². The van der Waals surface area contributed by atoms with Crippen LogP contribution < -0.4 is 15.5 Å². The predicted molar refractivity (Wildman–Crippen MR) is 112 cm³/mol. The molecule has 162 valence electrons. The molecule has 1 aliphatic heterocycles. The summed E-state index contributed by atoms with van der Waals surface area (Å²) in [6.07, 6.45) is -2.24. The second-order valence-corrected chi connectivity index (χ2v) is 7.10. The molecule has 0 aliphatic carbocycles. The predicted octanol–water partition coefficient (Wildman–Crippen LogP) is 3.14. The van der Waals surface area contributed by atoms with Gasteiger partial charge in [0, 0.05) is 43.1 Å². The number of carbonyl (C=O) groups excluding carboxylic acids is 2. The molecule has 1 aromatic heterocycles. The van der Waals surface area contributed by atoms with Crippen molar-refractivity contribution in [2.45, 2.75) is 19.4 Å². The molecule has 0 spiro atoms. The first-order chi connectivity index (χ1) is 15.0. The zero-order valence-corrected chi connectivity index (χ0v) is 16.5. The van der Waals surface area contributed by atoms with Crippen LogP contribution in [-0.4, -0.2) is 46.3 Å². The summed E-state index contributed by atoms with van der Waals surface area (Å²) in [5, 5.41) is 14.7. The molecule has 0 radical (unpaired) electrons. The van der Waals surface area contributed by atoms with E-state index >= 15 is 0 Å². The van der Waals surface area contributed by atoms with Gasteiger partial charge in [-0.2, -0.15) is 0 Å². The largest absolute Gasteiger partial charge is 0.396 e. The van der Waals surface area contributed by atoms with Crippen molar-refractivity contribution in [3.8, 4) is 0 Å². The van der Waals surface area contributed by atoms with E-state index in [9.17, 15) is 23.5 Å². The van der Waals surface area contributed by atoms with Crippen molar-refractivity contribution in [2.75, 3.05) is 29.9 Å². The Morgan fingerprint density at radius 3 is 2.81 bits per heavy atom. The number of nitrogens with one attached hydrogen (secondary N) is 2. The highest BCUT2D eigenvalue weighted by Crippen LogP contribution is 2.27. The number of hydrogen-bond acceptors (Lipinski definition) is 4. The Labute approximate surface area is 176 Å². The van der Waals surface area contributed by atoms with Crippen molar-refractivity contribution < 1.29 is 23.5 Å². The van der Waals surface area contributed by atoms with Gasteiger partial charge in [-0.3, -0.25) is 15.0 Å². The molecule has 2 heterocycles. The summed E-state index contributed by atoms with van der Waals surface area (Å²) in [5.41, 5.74) is 1.81. The molecule has 1 fully saturated rings. The summed E-state index contributed by atoms with van der Waals surface area (Å²) in [4.78, 5) is 30.7. The highest BCUT2D eigenvalue weighted by molar-refractivity contribution is 6.04. The first-order valence-corrected chi connectivity index (χ1v) is 9.84. The average molecular weight is 429 g/mol. The number of halogens is 2. The molecule has 0 saturated carbocycles. The van der Waals surface area contributed by atoms with Gasteiger partial charge >= 0.3 is 6.03 Å². The minimum Gasteiger partial charge on any atom is -0.396 e. The number of imidazole rings is 1. The van der Waals surface area contributed by atoms with Gasteiger partial charge in [0.15, 0.2) is 0 Å². The highest BCUT2D eigenvalue weighted by atomic mass is 19.3. The Morgan fingerprint density at radius 1 is 1.26 bits per heavy atom. The zero-order chi connectivity index (χ0) is 22.0. The molecule has 0 atom stereocenters. The van der Waals surface area contributed by atoms with Crippen LogP contribution in [0.25, 0.3) is 11.0 Å². The molecular weight excluding hydrogens is 408 g/mol. The topological polar surface area (TPSA) is 99.5 Å². The lowest BCUT2D eigenvalue weighted by Crippen LogP contribution is -2.27. The third-order valence-corrected chi connectivity index (χ3v) is 5.07. The summed E-state index contributed by atoms with van der Waals surface area (Å²) >= 11 is 0. The van der Waals surface area contributed by atoms with E-state index in [1.54, 1.807) is 27.7 Å². The van der Waals surface area contributed by atoms with Gasteiger partial charge in [-0.05, 0) is 36.8 Å². The maximum Gasteiger partial charge on any atom is 0.321 e. The van der Waals surface area contributed by atoms with Crippen LogP contribution in [-0.2, 0) is 6.54 Å². The summed E-state index contributed by atoms with van der Waals surface area (Å²) in [5.74, 6) is -0.332. The first kappa shape index (κ1) is 20.7. The number of anilines is 2. The average Bonchev–Trinajstić information content (AvgIpc) is 3.34. The molecule has 0 unspecified atom stereocenters. The van der Waals surface area contributed by atoms with Crippen LogP contribution in [0.4, 0.5) is 25.2 Å². The fraction of sp³-hybridized carbons (Fsp3) is 0.286. The monoisotopic (exact) mass is 429 g/mol. The second-order valence-electron chi connectivity index (χ2n) is 7.10. The molecule has 0 bridgehead atoms. The third kappa shape index (κ3) is 4.19. The zero-order valence-electron chi connectivity index (χ0n) is 16.5. The summed E-state index contributed by atoms with van der Waals surface area (Å²) in [6, 6.07) is 10.4. The number of nitrogens with zero attached hydrogens (tertiary/aromatic N) is 3. The summed E-state index contributed by atoms with van der Waals surface area (Å²) in [6.45, 7) is 1.44. The minimum atomic E-state index is -2.68. The Kier molecular flexibility index (Phi) is 5.81. The van der Waals surface area contributed by atoms with E-state index < -0.39 is 12.3 Å². The molecule has 3 aromatic rings. The van der Waals surface area contributed by atoms with Crippen molar-refractivity contribution in [1.29, 1.82) is 0 Å². The van der Waals surface area contributed by atoms with E-state index in [4.69, 9.17) is 0 Å². The number of rotatable bonds is 7. The number of alkyl halides is 2. The van der Waals surface area contributed by atoms with Crippen molar-refractivity contribution in [3.63, 3.8) is 0 Å². The summed E-state index contributed by atoms with van der Waals surface area (Å²) < 4.78 is 27.7. The van der Waals surface area contributed by atoms with E-state index in [-0.39, 0.29) is 29.7 Å². The smallest absolute Gasteiger partial charge is 0.321 e. The van der Waals surface area contributed by atoms with Gasteiger partial charge in [0.05, 0.1) is 11.0 Å². The van der Waals surface area contributed by atoms with Crippen molar-refractivity contribution in [2.24, 2.45) is 0 Å². The number of amides is 3. The number of aliphatic hydroxyl groups excluding tert-OH is 1. The molecule has 2 aromatic carbocycles. The van der Waals surface area contributed by atoms with Crippen LogP contribution in [0.15, 0.2) is 42.5 Å². The van der Waals surface area contributed by atoms with Gasteiger partial charge in [-0.25, -0.2) is 18.6 Å². The molecule has 31 heavy (non-hydrogen) atoms. The van der Waals surface area contributed by atoms with Crippen LogP contribution >= 0.6 is 0 Å². The molecule has 4 rings (SSSR count). The number of benzene rings is 2. The lowest BCUT2D eigenvalue weighted by molar-refractivity contribution is 0.102. The minimum absolute atomic E-state index is 0.0461. The van der Waals surface area contributed by atoms with Crippen LogP contribution in [0.1, 0.15) is 28.8 Å². The molecule has 10 heteroatoms. The molecular formula is C21H21F2N5O3. The van der Waals surface area contributed by atoms with Crippen LogP contribution in [0.5, 0.6) is 0 Å². The first-order valence-electron chi connectivity index (χ1n) is 9.84. The van der Waals surface area contributed by atoms with Crippen LogP contribution in [0.3, 0.4) is 0 Å². The SMILES string of the molecule is O=C(Nc1nc2cc(N3CCNC3=O)ccc2n1CCCO)c1cccc(C(F)F)c1. The fourth-order valence-electron chi connectivity index (χ4n) is 3.54. The van der Waals surface area contributed by atoms with Gasteiger partial charge < -0.3 is 15.0 Å². The maximum atomic E-state index is 13.0. The normalized spacial score (nSPS) is 13.8.